The van der Waals surface area contributed by atoms with Gasteiger partial charge in [-0.2, -0.15) is 0 Å². The van der Waals surface area contributed by atoms with Crippen LogP contribution in [0.3, 0.4) is 0 Å². The van der Waals surface area contributed by atoms with Crippen molar-refractivity contribution in [3.05, 3.63) is 111 Å². The largest absolute Gasteiger partial charge is 0.304 e. The van der Waals surface area contributed by atoms with Gasteiger partial charge in [-0.25, -0.2) is 39.5 Å². The van der Waals surface area contributed by atoms with Gasteiger partial charge in [-0.15, -0.1) is 0 Å². The van der Waals surface area contributed by atoms with Crippen molar-refractivity contribution in [2.45, 2.75) is 71.6 Å². The fourth-order valence-electron chi connectivity index (χ4n) is 6.46. The van der Waals surface area contributed by atoms with Crippen molar-refractivity contribution in [1.29, 1.82) is 0 Å². The van der Waals surface area contributed by atoms with E-state index < -0.39 is 74.6 Å². The van der Waals surface area contributed by atoms with Crippen LogP contribution in [-0.2, 0) is 5.41 Å². The van der Waals surface area contributed by atoms with Gasteiger partial charge >= 0.3 is 0 Å². The molecule has 1 nitrogen and oxygen atoms in total. The summed E-state index contributed by atoms with van der Waals surface area (Å²) in [6.45, 7) is 7.56. The van der Waals surface area contributed by atoms with Crippen LogP contribution < -0.4 is 4.90 Å². The van der Waals surface area contributed by atoms with E-state index in [0.717, 1.165) is 30.6 Å². The van der Waals surface area contributed by atoms with Gasteiger partial charge in [0.15, 0.2) is 46.5 Å². The van der Waals surface area contributed by atoms with Crippen LogP contribution in [0.2, 0.25) is 0 Å². The fourth-order valence-corrected chi connectivity index (χ4v) is 6.46. The van der Waals surface area contributed by atoms with Gasteiger partial charge in [-0.3, -0.25) is 0 Å². The number of hydrogen-bond donors (Lipinski definition) is 0. The van der Waals surface area contributed by atoms with E-state index in [9.17, 15) is 22.0 Å². The summed E-state index contributed by atoms with van der Waals surface area (Å²) in [7, 11) is 0. The van der Waals surface area contributed by atoms with Gasteiger partial charge in [0.25, 0.3) is 0 Å². The highest BCUT2D eigenvalue weighted by atomic mass is 19.2. The maximum Gasteiger partial charge on any atom is 0.200 e. The Hall–Kier alpha value is -3.95. The van der Waals surface area contributed by atoms with Crippen molar-refractivity contribution >= 4 is 17.1 Å². The first kappa shape index (κ1) is 32.4. The number of fused-ring (bicyclic) bond motifs is 2. The summed E-state index contributed by atoms with van der Waals surface area (Å²) in [4.78, 5) is 1.04. The van der Waals surface area contributed by atoms with Crippen LogP contribution in [-0.4, -0.2) is 0 Å². The van der Waals surface area contributed by atoms with Crippen LogP contribution in [0, 0.1) is 66.2 Å². The van der Waals surface area contributed by atoms with Gasteiger partial charge in [0.05, 0.1) is 22.5 Å². The Morgan fingerprint density at radius 1 is 0.511 bits per heavy atom. The topological polar surface area (TPSA) is 3.24 Å². The zero-order valence-corrected chi connectivity index (χ0v) is 25.1. The Balaban J connectivity index is 1.88. The van der Waals surface area contributed by atoms with Crippen molar-refractivity contribution in [2.75, 3.05) is 4.90 Å². The quantitative estimate of drug-likeness (QED) is 0.106. The van der Waals surface area contributed by atoms with E-state index >= 15 is 17.6 Å². The zero-order chi connectivity index (χ0) is 33.0. The molecule has 238 valence electrons. The van der Waals surface area contributed by atoms with Gasteiger partial charge in [0.1, 0.15) is 5.69 Å². The second kappa shape index (κ2) is 12.1. The molecule has 0 aliphatic carbocycles. The summed E-state index contributed by atoms with van der Waals surface area (Å²) in [5.41, 5.74) is -2.80. The number of nitrogens with zero attached hydrogens (tertiary/aromatic N) is 1. The summed E-state index contributed by atoms with van der Waals surface area (Å²) in [6, 6.07) is 10.6. The fraction of sp³-hybridized carbons (Fsp3) is 0.314. The number of halogens is 9. The van der Waals surface area contributed by atoms with Gasteiger partial charge in [-0.05, 0) is 61.1 Å². The second-order valence-corrected chi connectivity index (χ2v) is 11.6. The number of hydrogen-bond acceptors (Lipinski definition) is 1. The van der Waals surface area contributed by atoms with Crippen molar-refractivity contribution < 1.29 is 39.5 Å². The van der Waals surface area contributed by atoms with Crippen LogP contribution in [0.5, 0.6) is 0 Å². The van der Waals surface area contributed by atoms with Gasteiger partial charge in [0, 0.05) is 5.41 Å². The molecule has 0 N–H and O–H groups in total. The van der Waals surface area contributed by atoms with Crippen LogP contribution >= 0.6 is 0 Å². The number of unbranched alkanes of at least 4 members (excludes halogenated alkanes) is 2. The molecule has 0 saturated heterocycles. The number of rotatable bonds is 8. The smallest absolute Gasteiger partial charge is 0.200 e. The summed E-state index contributed by atoms with van der Waals surface area (Å²) in [5, 5.41) is 0. The first-order valence-corrected chi connectivity index (χ1v) is 14.7. The Bertz CT molecular complexity index is 1690. The van der Waals surface area contributed by atoms with Gasteiger partial charge < -0.3 is 4.90 Å². The number of anilines is 3. The second-order valence-electron chi connectivity index (χ2n) is 11.6. The van der Waals surface area contributed by atoms with E-state index in [1.165, 1.54) is 0 Å². The molecule has 0 bridgehead atoms. The molecule has 0 unspecified atom stereocenters. The molecule has 1 aliphatic rings. The Kier molecular flexibility index (Phi) is 8.72. The average Bonchev–Trinajstić information content (AvgIpc) is 3.02. The van der Waals surface area contributed by atoms with Crippen molar-refractivity contribution in [2.24, 2.45) is 0 Å². The highest BCUT2D eigenvalue weighted by molar-refractivity contribution is 5.88. The third kappa shape index (κ3) is 4.97. The first-order valence-electron chi connectivity index (χ1n) is 14.7. The van der Waals surface area contributed by atoms with E-state index in [2.05, 4.69) is 0 Å². The molecule has 4 aromatic carbocycles. The van der Waals surface area contributed by atoms with E-state index in [-0.39, 0.29) is 11.4 Å². The van der Waals surface area contributed by atoms with Crippen molar-refractivity contribution in [3.63, 3.8) is 0 Å². The summed E-state index contributed by atoms with van der Waals surface area (Å²) < 4.78 is 135. The number of benzene rings is 4. The maximum atomic E-state index is 16.2. The van der Waals surface area contributed by atoms with Crippen molar-refractivity contribution in [1.82, 2.24) is 0 Å². The van der Waals surface area contributed by atoms with Crippen LogP contribution in [0.15, 0.2) is 36.4 Å². The first-order chi connectivity index (χ1) is 21.3. The molecule has 0 saturated carbocycles. The lowest BCUT2D eigenvalue weighted by molar-refractivity contribution is 0.379. The van der Waals surface area contributed by atoms with Crippen LogP contribution in [0.1, 0.15) is 74.6 Å². The molecular formula is C35H30F9N. The molecular weight excluding hydrogens is 605 g/mol. The molecule has 4 aromatic rings. The van der Waals surface area contributed by atoms with Crippen LogP contribution in [0.25, 0.3) is 11.1 Å². The van der Waals surface area contributed by atoms with Gasteiger partial charge in [-0.1, -0.05) is 63.8 Å². The standard InChI is InChI=1S/C35H30F9N/c1-5-7-13-35(14-8-6-2)19-11-9-17(3)15-21(19)45(22-16-18(4)10-12-20(22)35)34-32(43)27(38)24(28(39)33(34)44)23-25(36)29(40)31(42)30(41)26(23)37/h9-12,15-16H,5-8,13-14H2,1-4H3. The molecule has 45 heavy (non-hydrogen) atoms. The third-order valence-corrected chi connectivity index (χ3v) is 8.66. The molecule has 1 aliphatic heterocycles. The molecule has 0 fully saturated rings. The predicted octanol–water partition coefficient (Wildman–Crippen LogP) is 11.7. The normalized spacial score (nSPS) is 13.7. The van der Waals surface area contributed by atoms with E-state index in [0.29, 0.717) is 35.1 Å². The van der Waals surface area contributed by atoms with Crippen molar-refractivity contribution in [3.8, 4) is 11.1 Å². The summed E-state index contributed by atoms with van der Waals surface area (Å²) in [5.74, 6) is -21.7. The van der Waals surface area contributed by atoms with Gasteiger partial charge in [0.2, 0.25) is 5.82 Å². The average molecular weight is 636 g/mol. The monoisotopic (exact) mass is 635 g/mol. The molecule has 5 rings (SSSR count). The summed E-state index contributed by atoms with van der Waals surface area (Å²) >= 11 is 0. The molecule has 0 radical (unpaired) electrons. The molecule has 0 amide bonds. The Morgan fingerprint density at radius 2 is 0.867 bits per heavy atom. The van der Waals surface area contributed by atoms with Crippen LogP contribution in [0.4, 0.5) is 56.6 Å². The third-order valence-electron chi connectivity index (χ3n) is 8.66. The lowest BCUT2D eigenvalue weighted by Gasteiger charge is -2.46. The SMILES string of the molecule is CCCCC1(CCCC)c2ccc(C)cc2N(c2c(F)c(F)c(-c3c(F)c(F)c(F)c(F)c3F)c(F)c2F)c2cc(C)ccc21. The number of aryl methyl sites for hydroxylation is 2. The lowest BCUT2D eigenvalue weighted by Crippen LogP contribution is -2.36. The summed E-state index contributed by atoms with van der Waals surface area (Å²) in [6.07, 6.45) is 4.70. The molecule has 1 heterocycles. The highest BCUT2D eigenvalue weighted by Gasteiger charge is 2.45. The Labute approximate surface area is 255 Å². The highest BCUT2D eigenvalue weighted by Crippen LogP contribution is 2.57. The van der Waals surface area contributed by atoms with E-state index in [1.54, 1.807) is 26.0 Å². The Morgan fingerprint density at radius 3 is 1.24 bits per heavy atom. The molecule has 10 heteroatoms. The van der Waals surface area contributed by atoms with E-state index in [4.69, 9.17) is 0 Å². The minimum absolute atomic E-state index is 0.251. The predicted molar refractivity (Wildman–Crippen MR) is 155 cm³/mol. The lowest BCUT2D eigenvalue weighted by atomic mass is 9.64. The zero-order valence-electron chi connectivity index (χ0n) is 25.1. The minimum atomic E-state index is -2.60. The molecule has 0 atom stereocenters. The van der Waals surface area contributed by atoms with E-state index in [1.807, 2.05) is 38.1 Å². The maximum absolute atomic E-state index is 16.2. The molecule has 0 aromatic heterocycles. The molecule has 0 spiro atoms. The minimum Gasteiger partial charge on any atom is -0.304 e.